The third-order valence-electron chi connectivity index (χ3n) is 4.55. The maximum atomic E-state index is 9.74. The number of hydrogen-bond acceptors (Lipinski definition) is 3. The van der Waals surface area contributed by atoms with E-state index in [0.717, 1.165) is 38.0 Å². The van der Waals surface area contributed by atoms with E-state index in [1.165, 1.54) is 18.4 Å². The number of hydrogen-bond donors (Lipinski definition) is 2. The molecule has 1 aromatic heterocycles. The molecule has 1 heterocycles. The van der Waals surface area contributed by atoms with Crippen LogP contribution in [0.1, 0.15) is 52.0 Å². The molecule has 0 unspecified atom stereocenters. The Bertz CT molecular complexity index is 601. The fourth-order valence-electron chi connectivity index (χ4n) is 2.94. The fourth-order valence-corrected chi connectivity index (χ4v) is 2.94. The van der Waals surface area contributed by atoms with Crippen molar-refractivity contribution >= 4 is 0 Å². The van der Waals surface area contributed by atoms with Gasteiger partial charge in [0.1, 0.15) is 0 Å². The van der Waals surface area contributed by atoms with Crippen LogP contribution in [0.15, 0.2) is 42.7 Å². The van der Waals surface area contributed by atoms with Gasteiger partial charge < -0.3 is 10.4 Å². The molecule has 0 spiro atoms. The Morgan fingerprint density at radius 2 is 1.92 bits per heavy atom. The normalized spacial score (nSPS) is 13.1. The average molecular weight is 344 g/mol. The van der Waals surface area contributed by atoms with E-state index in [2.05, 4.69) is 35.7 Å². The Labute approximate surface area is 152 Å². The molecular weight excluding hydrogens is 310 g/mol. The highest BCUT2D eigenvalue weighted by molar-refractivity contribution is 5.30. The number of benzene rings is 1. The molecule has 2 N–H and O–H groups in total. The van der Waals surface area contributed by atoms with Crippen LogP contribution in [-0.2, 0) is 6.42 Å². The van der Waals surface area contributed by atoms with Crippen molar-refractivity contribution in [1.82, 2.24) is 15.1 Å². The number of para-hydroxylation sites is 1. The Morgan fingerprint density at radius 3 is 2.64 bits per heavy atom. The zero-order valence-corrected chi connectivity index (χ0v) is 15.9. The Kier molecular flexibility index (Phi) is 7.66. The molecule has 0 aliphatic rings. The molecule has 25 heavy (non-hydrogen) atoms. The van der Waals surface area contributed by atoms with Crippen molar-refractivity contribution in [2.45, 2.75) is 58.5 Å². The minimum absolute atomic E-state index is 0.526. The number of nitrogens with one attached hydrogen (secondary N) is 1. The summed E-state index contributed by atoms with van der Waals surface area (Å²) in [4.78, 5) is 0. The van der Waals surface area contributed by atoms with Crippen LogP contribution in [0.5, 0.6) is 0 Å². The van der Waals surface area contributed by atoms with Crippen LogP contribution in [0.2, 0.25) is 0 Å². The van der Waals surface area contributed by atoms with Crippen molar-refractivity contribution in [1.29, 1.82) is 0 Å². The molecule has 0 bridgehead atoms. The summed E-state index contributed by atoms with van der Waals surface area (Å²) in [7, 11) is 0. The lowest BCUT2D eigenvalue weighted by Crippen LogP contribution is -2.21. The van der Waals surface area contributed by atoms with Gasteiger partial charge in [-0.05, 0) is 69.8 Å². The molecule has 0 aliphatic carbocycles. The minimum Gasteiger partial charge on any atom is -0.390 e. The lowest BCUT2D eigenvalue weighted by Gasteiger charge is -2.18. The fraction of sp³-hybridized carbons (Fsp3) is 0.571. The van der Waals surface area contributed by atoms with E-state index in [4.69, 9.17) is 0 Å². The average Bonchev–Trinajstić information content (AvgIpc) is 3.03. The molecule has 1 atom stereocenters. The zero-order chi connectivity index (χ0) is 18.1. The highest BCUT2D eigenvalue weighted by atomic mass is 16.3. The van der Waals surface area contributed by atoms with Gasteiger partial charge in [-0.2, -0.15) is 5.10 Å². The van der Waals surface area contributed by atoms with Crippen molar-refractivity contribution < 1.29 is 5.11 Å². The van der Waals surface area contributed by atoms with Crippen LogP contribution in [-0.4, -0.2) is 33.6 Å². The summed E-state index contributed by atoms with van der Waals surface area (Å²) in [5, 5.41) is 17.7. The first-order chi connectivity index (χ1) is 11.9. The van der Waals surface area contributed by atoms with Gasteiger partial charge in [-0.3, -0.25) is 0 Å². The van der Waals surface area contributed by atoms with Crippen molar-refractivity contribution in [3.63, 3.8) is 0 Å². The molecule has 0 saturated heterocycles. The second kappa shape index (κ2) is 9.73. The zero-order valence-electron chi connectivity index (χ0n) is 15.9. The molecule has 4 nitrogen and oxygen atoms in total. The van der Waals surface area contributed by atoms with Gasteiger partial charge in [0.25, 0.3) is 0 Å². The van der Waals surface area contributed by atoms with Crippen LogP contribution >= 0.6 is 0 Å². The standard InChI is InChI=1S/C21H33N3O/c1-18(8-7-13-21(2,3)25)11-14-22-15-12-19-16-23-24(17-19)20-9-5-4-6-10-20/h4-6,9-10,16-18,22,25H,7-8,11-15H2,1-3H3/t18-/m1/s1. The highest BCUT2D eigenvalue weighted by Gasteiger charge is 2.12. The predicted molar refractivity (Wildman–Crippen MR) is 104 cm³/mol. The summed E-state index contributed by atoms with van der Waals surface area (Å²) in [6.45, 7) is 8.11. The summed E-state index contributed by atoms with van der Waals surface area (Å²) in [6.07, 6.45) is 9.42. The third-order valence-corrected chi connectivity index (χ3v) is 4.55. The summed E-state index contributed by atoms with van der Waals surface area (Å²) < 4.78 is 1.93. The van der Waals surface area contributed by atoms with Crippen LogP contribution in [0.3, 0.4) is 0 Å². The monoisotopic (exact) mass is 343 g/mol. The summed E-state index contributed by atoms with van der Waals surface area (Å²) in [5.41, 5.74) is 1.83. The first kappa shape index (κ1) is 19.7. The number of aliphatic hydroxyl groups is 1. The minimum atomic E-state index is -0.526. The lowest BCUT2D eigenvalue weighted by molar-refractivity contribution is 0.0669. The summed E-state index contributed by atoms with van der Waals surface area (Å²) >= 11 is 0. The van der Waals surface area contributed by atoms with E-state index in [1.807, 2.05) is 42.9 Å². The molecule has 1 aromatic carbocycles. The largest absolute Gasteiger partial charge is 0.390 e. The van der Waals surface area contributed by atoms with Gasteiger partial charge in [-0.25, -0.2) is 4.68 Å². The molecule has 2 rings (SSSR count). The summed E-state index contributed by atoms with van der Waals surface area (Å²) in [5.74, 6) is 0.704. The molecule has 0 aliphatic heterocycles. The quantitative estimate of drug-likeness (QED) is 0.607. The molecule has 0 saturated carbocycles. The topological polar surface area (TPSA) is 50.1 Å². The summed E-state index contributed by atoms with van der Waals surface area (Å²) in [6, 6.07) is 10.2. The molecule has 0 radical (unpaired) electrons. The first-order valence-electron chi connectivity index (χ1n) is 9.46. The van der Waals surface area contributed by atoms with Gasteiger partial charge in [-0.15, -0.1) is 0 Å². The molecule has 0 amide bonds. The van der Waals surface area contributed by atoms with Crippen molar-refractivity contribution in [3.8, 4) is 5.69 Å². The van der Waals surface area contributed by atoms with Crippen LogP contribution in [0.4, 0.5) is 0 Å². The molecule has 138 valence electrons. The van der Waals surface area contributed by atoms with E-state index in [-0.39, 0.29) is 0 Å². The second-order valence-corrected chi connectivity index (χ2v) is 7.73. The van der Waals surface area contributed by atoms with Crippen LogP contribution in [0.25, 0.3) is 5.69 Å². The van der Waals surface area contributed by atoms with E-state index in [9.17, 15) is 5.11 Å². The van der Waals surface area contributed by atoms with Crippen molar-refractivity contribution in [2.75, 3.05) is 13.1 Å². The van der Waals surface area contributed by atoms with Gasteiger partial charge in [-0.1, -0.05) is 38.0 Å². The van der Waals surface area contributed by atoms with Gasteiger partial charge >= 0.3 is 0 Å². The van der Waals surface area contributed by atoms with Gasteiger partial charge in [0.15, 0.2) is 0 Å². The number of aromatic nitrogens is 2. The van der Waals surface area contributed by atoms with E-state index in [1.54, 1.807) is 0 Å². The number of rotatable bonds is 11. The van der Waals surface area contributed by atoms with Crippen LogP contribution in [0, 0.1) is 5.92 Å². The van der Waals surface area contributed by atoms with E-state index >= 15 is 0 Å². The predicted octanol–water partition coefficient (Wildman–Crippen LogP) is 3.97. The van der Waals surface area contributed by atoms with Crippen LogP contribution < -0.4 is 5.32 Å². The highest BCUT2D eigenvalue weighted by Crippen LogP contribution is 2.17. The van der Waals surface area contributed by atoms with Crippen molar-refractivity contribution in [2.24, 2.45) is 5.92 Å². The van der Waals surface area contributed by atoms with Gasteiger partial charge in [0.05, 0.1) is 17.5 Å². The molecule has 0 fully saturated rings. The smallest absolute Gasteiger partial charge is 0.0645 e. The SMILES string of the molecule is C[C@H](CCCC(C)(C)O)CCNCCc1cnn(-c2ccccc2)c1. The molecular formula is C21H33N3O. The lowest BCUT2D eigenvalue weighted by atomic mass is 9.95. The second-order valence-electron chi connectivity index (χ2n) is 7.73. The van der Waals surface area contributed by atoms with Gasteiger partial charge in [0.2, 0.25) is 0 Å². The van der Waals surface area contributed by atoms with E-state index in [0.29, 0.717) is 5.92 Å². The molecule has 2 aromatic rings. The Morgan fingerprint density at radius 1 is 1.16 bits per heavy atom. The van der Waals surface area contributed by atoms with E-state index < -0.39 is 5.60 Å². The Balaban J connectivity index is 1.58. The maximum Gasteiger partial charge on any atom is 0.0645 e. The first-order valence-corrected chi connectivity index (χ1v) is 9.46. The maximum absolute atomic E-state index is 9.74. The van der Waals surface area contributed by atoms with Gasteiger partial charge in [0, 0.05) is 6.20 Å². The number of nitrogens with zero attached hydrogens (tertiary/aromatic N) is 2. The van der Waals surface area contributed by atoms with Crippen molar-refractivity contribution in [3.05, 3.63) is 48.3 Å². The third kappa shape index (κ3) is 7.84. The Hall–Kier alpha value is -1.65. The molecule has 4 heteroatoms.